The maximum absolute atomic E-state index is 10.8. The Morgan fingerprint density at radius 3 is 2.92 bits per heavy atom. The zero-order valence-corrected chi connectivity index (χ0v) is 7.75. The van der Waals surface area contributed by atoms with Crippen molar-refractivity contribution in [2.75, 3.05) is 13.2 Å². The Labute approximate surface area is 78.0 Å². The molecule has 13 heavy (non-hydrogen) atoms. The first-order chi connectivity index (χ1) is 6.18. The van der Waals surface area contributed by atoms with E-state index in [0.717, 1.165) is 0 Å². The van der Waals surface area contributed by atoms with Crippen LogP contribution in [0.15, 0.2) is 29.5 Å². The molecule has 4 nitrogen and oxygen atoms in total. The van der Waals surface area contributed by atoms with Crippen LogP contribution in [0, 0.1) is 0 Å². The number of carbonyl (C=O) groups is 1. The molecule has 0 bridgehead atoms. The van der Waals surface area contributed by atoms with Crippen LogP contribution in [0.2, 0.25) is 0 Å². The second-order valence-electron chi connectivity index (χ2n) is 2.37. The Hall–Kier alpha value is -1.58. The van der Waals surface area contributed by atoms with E-state index >= 15 is 0 Å². The summed E-state index contributed by atoms with van der Waals surface area (Å²) >= 11 is 0. The van der Waals surface area contributed by atoms with E-state index in [1.54, 1.807) is 13.1 Å². The highest BCUT2D eigenvalue weighted by molar-refractivity contribution is 5.86. The lowest BCUT2D eigenvalue weighted by Gasteiger charge is -2.03. The van der Waals surface area contributed by atoms with E-state index in [1.807, 2.05) is 0 Å². The number of nitrogens with zero attached hydrogens (tertiary/aromatic N) is 1. The Bertz CT molecular complexity index is 222. The second kappa shape index (κ2) is 7.09. The third-order valence-electron chi connectivity index (χ3n) is 1.13. The van der Waals surface area contributed by atoms with E-state index in [1.165, 1.54) is 6.20 Å². The highest BCUT2D eigenvalue weighted by Gasteiger charge is 2.00. The first-order valence-corrected chi connectivity index (χ1v) is 3.85. The largest absolute Gasteiger partial charge is 0.460 e. The van der Waals surface area contributed by atoms with Gasteiger partial charge in [-0.1, -0.05) is 6.58 Å². The maximum Gasteiger partial charge on any atom is 0.333 e. The molecule has 0 amide bonds. The first kappa shape index (κ1) is 11.4. The van der Waals surface area contributed by atoms with Gasteiger partial charge in [0.1, 0.15) is 6.61 Å². The van der Waals surface area contributed by atoms with Crippen molar-refractivity contribution in [2.45, 2.75) is 6.92 Å². The summed E-state index contributed by atoms with van der Waals surface area (Å²) in [5.74, 6) is -0.368. The summed E-state index contributed by atoms with van der Waals surface area (Å²) in [6.07, 6.45) is 3.14. The Morgan fingerprint density at radius 1 is 1.69 bits per heavy atom. The Kier molecular flexibility index (Phi) is 6.23. The van der Waals surface area contributed by atoms with E-state index in [0.29, 0.717) is 18.7 Å². The zero-order valence-electron chi connectivity index (χ0n) is 7.75. The van der Waals surface area contributed by atoms with Crippen molar-refractivity contribution in [2.24, 2.45) is 4.99 Å². The van der Waals surface area contributed by atoms with Crippen LogP contribution in [0.25, 0.3) is 0 Å². The van der Waals surface area contributed by atoms with Crippen molar-refractivity contribution in [3.05, 3.63) is 24.6 Å². The second-order valence-corrected chi connectivity index (χ2v) is 2.37. The summed E-state index contributed by atoms with van der Waals surface area (Å²) in [4.78, 5) is 14.3. The number of nitrogens with one attached hydrogen (secondary N) is 1. The van der Waals surface area contributed by atoms with Gasteiger partial charge in [0.2, 0.25) is 0 Å². The maximum atomic E-state index is 10.8. The molecule has 0 atom stereocenters. The van der Waals surface area contributed by atoms with E-state index in [4.69, 9.17) is 4.74 Å². The van der Waals surface area contributed by atoms with Crippen LogP contribution in [0.3, 0.4) is 0 Å². The van der Waals surface area contributed by atoms with Crippen molar-refractivity contribution in [1.82, 2.24) is 5.32 Å². The lowest BCUT2D eigenvalue weighted by molar-refractivity contribution is -0.138. The molecule has 0 aliphatic carbocycles. The summed E-state index contributed by atoms with van der Waals surface area (Å²) in [5, 5.41) is 2.86. The molecular formula is C9H14N2O2. The third kappa shape index (κ3) is 6.80. The number of esters is 1. The number of ether oxygens (including phenoxy) is 1. The molecule has 4 heteroatoms. The van der Waals surface area contributed by atoms with Gasteiger partial charge in [0, 0.05) is 24.5 Å². The van der Waals surface area contributed by atoms with Crippen LogP contribution < -0.4 is 5.32 Å². The molecule has 0 saturated heterocycles. The van der Waals surface area contributed by atoms with Gasteiger partial charge < -0.3 is 10.1 Å². The van der Waals surface area contributed by atoms with Crippen LogP contribution in [0.5, 0.6) is 0 Å². The van der Waals surface area contributed by atoms with Crippen molar-refractivity contribution in [3.8, 4) is 0 Å². The van der Waals surface area contributed by atoms with Gasteiger partial charge >= 0.3 is 5.97 Å². The number of hydrogen-bond donors (Lipinski definition) is 1. The van der Waals surface area contributed by atoms with Gasteiger partial charge in [-0.2, -0.15) is 0 Å². The molecule has 0 aromatic carbocycles. The van der Waals surface area contributed by atoms with Crippen LogP contribution in [0.1, 0.15) is 6.92 Å². The van der Waals surface area contributed by atoms with Crippen LogP contribution in [-0.4, -0.2) is 25.8 Å². The molecule has 0 rings (SSSR count). The number of carbonyl (C=O) groups excluding carboxylic acids is 1. The quantitative estimate of drug-likeness (QED) is 0.287. The molecule has 0 radical (unpaired) electrons. The summed E-state index contributed by atoms with van der Waals surface area (Å²) < 4.78 is 4.80. The molecule has 1 N–H and O–H groups in total. The SMILES string of the molecule is C=N/C=C\NCCOC(=O)C(=C)C. The number of aliphatic imine (C=N–C) groups is 1. The summed E-state index contributed by atoms with van der Waals surface area (Å²) in [7, 11) is 0. The van der Waals surface area contributed by atoms with E-state index < -0.39 is 0 Å². The molecule has 72 valence electrons. The molecule has 0 aromatic rings. The summed E-state index contributed by atoms with van der Waals surface area (Å²) in [6.45, 7) is 9.18. The van der Waals surface area contributed by atoms with Gasteiger partial charge in [-0.25, -0.2) is 4.79 Å². The summed E-state index contributed by atoms with van der Waals surface area (Å²) in [5.41, 5.74) is 0.406. The Morgan fingerprint density at radius 2 is 2.38 bits per heavy atom. The van der Waals surface area contributed by atoms with Crippen molar-refractivity contribution in [1.29, 1.82) is 0 Å². The van der Waals surface area contributed by atoms with E-state index in [-0.39, 0.29) is 5.97 Å². The van der Waals surface area contributed by atoms with Gasteiger partial charge in [0.25, 0.3) is 0 Å². The van der Waals surface area contributed by atoms with Gasteiger partial charge in [-0.15, -0.1) is 0 Å². The molecule has 0 spiro atoms. The number of rotatable bonds is 6. The van der Waals surface area contributed by atoms with Crippen LogP contribution >= 0.6 is 0 Å². The average Bonchev–Trinajstić information content (AvgIpc) is 2.10. The van der Waals surface area contributed by atoms with Gasteiger partial charge in [-0.05, 0) is 13.6 Å². The first-order valence-electron chi connectivity index (χ1n) is 3.85. The fourth-order valence-corrected chi connectivity index (χ4v) is 0.515. The van der Waals surface area contributed by atoms with Crippen LogP contribution in [0.4, 0.5) is 0 Å². The monoisotopic (exact) mass is 182 g/mol. The minimum Gasteiger partial charge on any atom is -0.460 e. The summed E-state index contributed by atoms with van der Waals surface area (Å²) in [6, 6.07) is 0. The fourth-order valence-electron chi connectivity index (χ4n) is 0.515. The fraction of sp³-hybridized carbons (Fsp3) is 0.333. The highest BCUT2D eigenvalue weighted by Crippen LogP contribution is 1.90. The smallest absolute Gasteiger partial charge is 0.333 e. The highest BCUT2D eigenvalue weighted by atomic mass is 16.5. The average molecular weight is 182 g/mol. The Balaban J connectivity index is 3.36. The van der Waals surface area contributed by atoms with E-state index in [9.17, 15) is 4.79 Å². The molecule has 0 unspecified atom stereocenters. The van der Waals surface area contributed by atoms with Gasteiger partial charge in [0.05, 0.1) is 0 Å². The molecule has 0 heterocycles. The van der Waals surface area contributed by atoms with Crippen molar-refractivity contribution >= 4 is 12.7 Å². The molecule has 0 fully saturated rings. The minimum absolute atomic E-state index is 0.313. The lowest BCUT2D eigenvalue weighted by atomic mass is 10.4. The standard InChI is InChI=1S/C9H14N2O2/c1-8(2)9(12)13-7-6-11-5-4-10-3/h4-5,11H,1,3,6-7H2,2H3/b5-4-. The van der Waals surface area contributed by atoms with Crippen molar-refractivity contribution in [3.63, 3.8) is 0 Å². The minimum atomic E-state index is -0.368. The topological polar surface area (TPSA) is 50.7 Å². The molecule has 0 aliphatic heterocycles. The van der Waals surface area contributed by atoms with Crippen LogP contribution in [-0.2, 0) is 9.53 Å². The molecule has 0 saturated carbocycles. The third-order valence-corrected chi connectivity index (χ3v) is 1.13. The number of hydrogen-bond acceptors (Lipinski definition) is 4. The normalized spacial score (nSPS) is 9.62. The molecule has 0 aliphatic rings. The van der Waals surface area contributed by atoms with Gasteiger partial charge in [0.15, 0.2) is 0 Å². The van der Waals surface area contributed by atoms with Gasteiger partial charge in [-0.3, -0.25) is 4.99 Å². The lowest BCUT2D eigenvalue weighted by Crippen LogP contribution is -2.16. The van der Waals surface area contributed by atoms with E-state index in [2.05, 4.69) is 23.6 Å². The zero-order chi connectivity index (χ0) is 10.1. The molecule has 0 aromatic heterocycles. The predicted octanol–water partition coefficient (Wildman–Crippen LogP) is 0.867. The molecular weight excluding hydrogens is 168 g/mol. The predicted molar refractivity (Wildman–Crippen MR) is 52.5 cm³/mol. The van der Waals surface area contributed by atoms with Crippen molar-refractivity contribution < 1.29 is 9.53 Å².